The fraction of sp³-hybridized carbons (Fsp3) is 0.400. The summed E-state index contributed by atoms with van der Waals surface area (Å²) in [7, 11) is 0. The number of esters is 1. The number of ether oxygens (including phenoxy) is 2. The quantitative estimate of drug-likeness (QED) is 0.367. The van der Waals surface area contributed by atoms with Crippen LogP contribution < -0.4 is 0 Å². The van der Waals surface area contributed by atoms with E-state index < -0.39 is 5.97 Å². The van der Waals surface area contributed by atoms with Crippen molar-refractivity contribution in [1.29, 1.82) is 0 Å². The summed E-state index contributed by atoms with van der Waals surface area (Å²) in [5.41, 5.74) is 0.274. The molecular formula is C10H12O4. The molecule has 0 N–H and O–H groups in total. The molecule has 0 saturated carbocycles. The summed E-state index contributed by atoms with van der Waals surface area (Å²) in [5.74, 6) is -0.794. The first kappa shape index (κ1) is 10.7. The molecule has 14 heavy (non-hydrogen) atoms. The molecule has 1 atom stereocenters. The van der Waals surface area contributed by atoms with Gasteiger partial charge in [-0.1, -0.05) is 6.58 Å². The van der Waals surface area contributed by atoms with Crippen LogP contribution in [0.15, 0.2) is 24.3 Å². The van der Waals surface area contributed by atoms with E-state index in [1.807, 2.05) is 0 Å². The molecule has 1 heterocycles. The maximum atomic E-state index is 11.2. The Hall–Kier alpha value is -1.42. The van der Waals surface area contributed by atoms with Gasteiger partial charge in [-0.15, -0.1) is 0 Å². The van der Waals surface area contributed by atoms with Crippen LogP contribution in [0.2, 0.25) is 0 Å². The Kier molecular flexibility index (Phi) is 3.59. The molecule has 0 aliphatic carbocycles. The van der Waals surface area contributed by atoms with Crippen LogP contribution in [0, 0.1) is 0 Å². The lowest BCUT2D eigenvalue weighted by atomic mass is 10.2. The number of hydrogen-bond donors (Lipinski definition) is 0. The third-order valence-electron chi connectivity index (χ3n) is 1.68. The SMILES string of the molecule is C=CC(=O)C=C(C)C(=O)OCC1CO1. The van der Waals surface area contributed by atoms with E-state index in [-0.39, 0.29) is 24.1 Å². The van der Waals surface area contributed by atoms with Gasteiger partial charge >= 0.3 is 5.97 Å². The number of carbonyl (C=O) groups excluding carboxylic acids is 2. The van der Waals surface area contributed by atoms with Crippen LogP contribution in [0.5, 0.6) is 0 Å². The first-order valence-corrected chi connectivity index (χ1v) is 4.27. The predicted molar refractivity (Wildman–Crippen MR) is 49.7 cm³/mol. The second-order valence-electron chi connectivity index (χ2n) is 2.99. The topological polar surface area (TPSA) is 55.9 Å². The molecule has 1 unspecified atom stereocenters. The van der Waals surface area contributed by atoms with E-state index in [1.165, 1.54) is 13.0 Å². The van der Waals surface area contributed by atoms with Crippen molar-refractivity contribution in [2.45, 2.75) is 13.0 Å². The summed E-state index contributed by atoms with van der Waals surface area (Å²) >= 11 is 0. The van der Waals surface area contributed by atoms with Crippen molar-refractivity contribution in [3.05, 3.63) is 24.3 Å². The van der Waals surface area contributed by atoms with Gasteiger partial charge in [0.15, 0.2) is 5.78 Å². The molecule has 4 heteroatoms. The van der Waals surface area contributed by atoms with Crippen molar-refractivity contribution >= 4 is 11.8 Å². The molecule has 4 nitrogen and oxygen atoms in total. The Morgan fingerprint density at radius 2 is 2.29 bits per heavy atom. The lowest BCUT2D eigenvalue weighted by Gasteiger charge is -2.01. The first-order chi connectivity index (χ1) is 6.63. The van der Waals surface area contributed by atoms with E-state index in [2.05, 4.69) is 6.58 Å². The summed E-state index contributed by atoms with van der Waals surface area (Å²) in [6.07, 6.45) is 2.38. The molecule has 0 radical (unpaired) electrons. The smallest absolute Gasteiger partial charge is 0.333 e. The molecule has 0 aromatic rings. The summed E-state index contributed by atoms with van der Waals surface area (Å²) in [4.78, 5) is 22.0. The van der Waals surface area contributed by atoms with Crippen LogP contribution >= 0.6 is 0 Å². The monoisotopic (exact) mass is 196 g/mol. The number of hydrogen-bond acceptors (Lipinski definition) is 4. The summed E-state index contributed by atoms with van der Waals surface area (Å²) < 4.78 is 9.72. The molecule has 0 spiro atoms. The van der Waals surface area contributed by atoms with Gasteiger partial charge in [-0.25, -0.2) is 4.79 Å². The molecule has 1 aliphatic rings. The molecule has 1 saturated heterocycles. The van der Waals surface area contributed by atoms with Gasteiger partial charge in [-0.2, -0.15) is 0 Å². The van der Waals surface area contributed by atoms with Gasteiger partial charge in [0.2, 0.25) is 0 Å². The molecule has 0 aromatic carbocycles. The van der Waals surface area contributed by atoms with Crippen molar-refractivity contribution in [3.63, 3.8) is 0 Å². The van der Waals surface area contributed by atoms with E-state index in [4.69, 9.17) is 9.47 Å². The molecule has 1 aliphatic heterocycles. The van der Waals surface area contributed by atoms with Gasteiger partial charge in [-0.05, 0) is 19.1 Å². The number of epoxide rings is 1. The minimum absolute atomic E-state index is 0.0434. The molecule has 0 aromatic heterocycles. The highest BCUT2D eigenvalue weighted by Crippen LogP contribution is 2.09. The number of allylic oxidation sites excluding steroid dienone is 2. The molecule has 0 bridgehead atoms. The highest BCUT2D eigenvalue weighted by molar-refractivity contribution is 6.04. The van der Waals surface area contributed by atoms with Crippen LogP contribution in [0.3, 0.4) is 0 Å². The summed E-state index contributed by atoms with van der Waals surface area (Å²) in [6.45, 7) is 5.71. The van der Waals surface area contributed by atoms with Gasteiger partial charge in [0, 0.05) is 5.57 Å². The maximum absolute atomic E-state index is 11.2. The van der Waals surface area contributed by atoms with Gasteiger partial charge in [-0.3, -0.25) is 4.79 Å². The highest BCUT2D eigenvalue weighted by atomic mass is 16.6. The van der Waals surface area contributed by atoms with E-state index in [0.717, 1.165) is 6.08 Å². The lowest BCUT2D eigenvalue weighted by Crippen LogP contribution is -2.11. The third kappa shape index (κ3) is 3.53. The zero-order valence-electron chi connectivity index (χ0n) is 7.99. The van der Waals surface area contributed by atoms with Crippen LogP contribution in [0.25, 0.3) is 0 Å². The van der Waals surface area contributed by atoms with Gasteiger partial charge in [0.25, 0.3) is 0 Å². The third-order valence-corrected chi connectivity index (χ3v) is 1.68. The Morgan fingerprint density at radius 3 is 2.79 bits per heavy atom. The second kappa shape index (κ2) is 4.72. The number of ketones is 1. The maximum Gasteiger partial charge on any atom is 0.333 e. The van der Waals surface area contributed by atoms with E-state index >= 15 is 0 Å². The molecule has 76 valence electrons. The van der Waals surface area contributed by atoms with Crippen molar-refractivity contribution in [2.24, 2.45) is 0 Å². The van der Waals surface area contributed by atoms with Crippen LogP contribution in [-0.2, 0) is 19.1 Å². The average molecular weight is 196 g/mol. The standard InChI is InChI=1S/C10H12O4/c1-3-8(11)4-7(2)10(12)14-6-9-5-13-9/h3-4,9H,1,5-6H2,2H3. The van der Waals surface area contributed by atoms with Gasteiger partial charge < -0.3 is 9.47 Å². The fourth-order valence-corrected chi connectivity index (χ4v) is 0.778. The van der Waals surface area contributed by atoms with E-state index in [0.29, 0.717) is 6.61 Å². The normalized spacial score (nSPS) is 20.1. The first-order valence-electron chi connectivity index (χ1n) is 4.27. The largest absolute Gasteiger partial charge is 0.459 e. The van der Waals surface area contributed by atoms with Crippen molar-refractivity contribution in [3.8, 4) is 0 Å². The lowest BCUT2D eigenvalue weighted by molar-refractivity contribution is -0.139. The van der Waals surface area contributed by atoms with Gasteiger partial charge in [0.05, 0.1) is 6.61 Å². The fourth-order valence-electron chi connectivity index (χ4n) is 0.778. The summed E-state index contributed by atoms with van der Waals surface area (Å²) in [6, 6.07) is 0. The molecule has 0 amide bonds. The zero-order valence-corrected chi connectivity index (χ0v) is 7.99. The van der Waals surface area contributed by atoms with Crippen LogP contribution in [0.4, 0.5) is 0 Å². The highest BCUT2D eigenvalue weighted by Gasteiger charge is 2.24. The van der Waals surface area contributed by atoms with E-state index in [9.17, 15) is 9.59 Å². The van der Waals surface area contributed by atoms with Crippen molar-refractivity contribution in [2.75, 3.05) is 13.2 Å². The van der Waals surface area contributed by atoms with Crippen LogP contribution in [0.1, 0.15) is 6.92 Å². The van der Waals surface area contributed by atoms with Crippen molar-refractivity contribution in [1.82, 2.24) is 0 Å². The Labute approximate surface area is 82.2 Å². The zero-order chi connectivity index (χ0) is 10.6. The van der Waals surface area contributed by atoms with Gasteiger partial charge in [0.1, 0.15) is 12.7 Å². The summed E-state index contributed by atoms with van der Waals surface area (Å²) in [5, 5.41) is 0. The predicted octanol–water partition coefficient (Wildman–Crippen LogP) is 0.630. The number of rotatable bonds is 5. The molecule has 1 rings (SSSR count). The Balaban J connectivity index is 2.37. The van der Waals surface area contributed by atoms with Crippen LogP contribution in [-0.4, -0.2) is 31.1 Å². The number of carbonyl (C=O) groups is 2. The molecule has 1 fully saturated rings. The molecular weight excluding hydrogens is 184 g/mol. The average Bonchev–Trinajstić information content (AvgIpc) is 2.97. The second-order valence-corrected chi connectivity index (χ2v) is 2.99. The Morgan fingerprint density at radius 1 is 1.64 bits per heavy atom. The van der Waals surface area contributed by atoms with E-state index in [1.54, 1.807) is 0 Å². The van der Waals surface area contributed by atoms with Crippen molar-refractivity contribution < 1.29 is 19.1 Å². The minimum atomic E-state index is -0.490. The minimum Gasteiger partial charge on any atom is -0.459 e. The Bertz CT molecular complexity index is 286.